The lowest BCUT2D eigenvalue weighted by Gasteiger charge is -2.27. The molecule has 3 rings (SSSR count). The highest BCUT2D eigenvalue weighted by Crippen LogP contribution is 2.33. The Morgan fingerprint density at radius 3 is 1.47 bits per heavy atom. The van der Waals surface area contributed by atoms with Crippen LogP contribution in [0.15, 0.2) is 48.5 Å². The number of carbonyl (C=O) groups is 2. The van der Waals surface area contributed by atoms with E-state index in [2.05, 4.69) is 24.5 Å². The summed E-state index contributed by atoms with van der Waals surface area (Å²) in [6.45, 7) is 5.51. The van der Waals surface area contributed by atoms with Crippen LogP contribution in [0.1, 0.15) is 65.2 Å². The van der Waals surface area contributed by atoms with Crippen LogP contribution in [-0.4, -0.2) is 25.0 Å². The van der Waals surface area contributed by atoms with E-state index in [0.29, 0.717) is 61.8 Å². The minimum Gasteiger partial charge on any atom is -0.491 e. The fourth-order valence-corrected chi connectivity index (χ4v) is 4.13. The zero-order valence-electron chi connectivity index (χ0n) is 20.5. The molecule has 0 unspecified atom stereocenters. The van der Waals surface area contributed by atoms with Gasteiger partial charge in [0.1, 0.15) is 11.5 Å². The molecule has 2 aromatic carbocycles. The lowest BCUT2D eigenvalue weighted by Crippen LogP contribution is -2.32. The lowest BCUT2D eigenvalue weighted by molar-refractivity contribution is -0.125. The summed E-state index contributed by atoms with van der Waals surface area (Å²) in [7, 11) is 0. The maximum Gasteiger partial charge on any atom is 0.227 e. The van der Waals surface area contributed by atoms with E-state index in [9.17, 15) is 9.59 Å². The number of nitrogens with one attached hydrogen (secondary N) is 2. The van der Waals surface area contributed by atoms with E-state index < -0.39 is 0 Å². The Morgan fingerprint density at radius 2 is 1.09 bits per heavy atom. The second-order valence-electron chi connectivity index (χ2n) is 8.92. The average molecular weight is 467 g/mol. The molecule has 0 aromatic heterocycles. The Kier molecular flexibility index (Phi) is 10.3. The summed E-state index contributed by atoms with van der Waals surface area (Å²) >= 11 is 0. The molecule has 2 aromatic rings. The fourth-order valence-electron chi connectivity index (χ4n) is 4.13. The second kappa shape index (κ2) is 13.6. The average Bonchev–Trinajstić information content (AvgIpc) is 2.86. The molecular formula is C28H38N2O4. The Morgan fingerprint density at radius 1 is 0.706 bits per heavy atom. The van der Waals surface area contributed by atoms with E-state index in [1.165, 1.54) is 0 Å². The van der Waals surface area contributed by atoms with Crippen LogP contribution in [0.2, 0.25) is 0 Å². The molecule has 1 saturated carbocycles. The van der Waals surface area contributed by atoms with E-state index in [4.69, 9.17) is 9.47 Å². The van der Waals surface area contributed by atoms with Crippen LogP contribution < -0.4 is 20.1 Å². The number of hydrogen-bond donors (Lipinski definition) is 2. The predicted octanol–water partition coefficient (Wildman–Crippen LogP) is 6.43. The van der Waals surface area contributed by atoms with Gasteiger partial charge in [-0.2, -0.15) is 0 Å². The van der Waals surface area contributed by atoms with E-state index in [1.807, 2.05) is 48.5 Å². The number of hydrogen-bond acceptors (Lipinski definition) is 4. The molecule has 0 saturated heterocycles. The molecule has 0 bridgehead atoms. The Labute approximate surface area is 203 Å². The summed E-state index contributed by atoms with van der Waals surface area (Å²) in [5, 5.41) is 6.08. The van der Waals surface area contributed by atoms with Crippen molar-refractivity contribution in [1.82, 2.24) is 0 Å². The minimum absolute atomic E-state index is 0.0000643. The van der Waals surface area contributed by atoms with Gasteiger partial charge < -0.3 is 20.1 Å². The zero-order chi connectivity index (χ0) is 24.2. The van der Waals surface area contributed by atoms with Crippen molar-refractivity contribution in [2.75, 3.05) is 23.8 Å². The quantitative estimate of drug-likeness (QED) is 0.354. The molecule has 0 aliphatic heterocycles. The first-order chi connectivity index (χ1) is 16.6. The van der Waals surface area contributed by atoms with Crippen molar-refractivity contribution in [3.63, 3.8) is 0 Å². The summed E-state index contributed by atoms with van der Waals surface area (Å²) < 4.78 is 11.7. The molecule has 34 heavy (non-hydrogen) atoms. The minimum atomic E-state index is -0.0996. The smallest absolute Gasteiger partial charge is 0.227 e. The number of amides is 2. The van der Waals surface area contributed by atoms with Gasteiger partial charge in [0.15, 0.2) is 0 Å². The monoisotopic (exact) mass is 466 g/mol. The largest absolute Gasteiger partial charge is 0.491 e. The van der Waals surface area contributed by atoms with Gasteiger partial charge in [0, 0.05) is 11.8 Å². The van der Waals surface area contributed by atoms with E-state index in [0.717, 1.165) is 25.7 Å². The topological polar surface area (TPSA) is 76.7 Å². The number of rotatable bonds is 12. The Balaban J connectivity index is 1.50. The molecule has 184 valence electrons. The summed E-state index contributed by atoms with van der Waals surface area (Å²) in [5.74, 6) is 1.21. The van der Waals surface area contributed by atoms with Crippen molar-refractivity contribution in [2.24, 2.45) is 11.8 Å². The predicted molar refractivity (Wildman–Crippen MR) is 136 cm³/mol. The first-order valence-electron chi connectivity index (χ1n) is 12.7. The van der Waals surface area contributed by atoms with Crippen LogP contribution in [0.3, 0.4) is 0 Å². The van der Waals surface area contributed by atoms with Gasteiger partial charge in [0.2, 0.25) is 11.8 Å². The first-order valence-corrected chi connectivity index (χ1v) is 12.7. The van der Waals surface area contributed by atoms with Gasteiger partial charge in [0.05, 0.1) is 24.6 Å². The fraction of sp³-hybridized carbons (Fsp3) is 0.500. The lowest BCUT2D eigenvalue weighted by atomic mass is 9.81. The van der Waals surface area contributed by atoms with Crippen LogP contribution in [0.5, 0.6) is 11.5 Å². The number of ether oxygens (including phenoxy) is 2. The summed E-state index contributed by atoms with van der Waals surface area (Å²) in [6, 6.07) is 15.1. The zero-order valence-corrected chi connectivity index (χ0v) is 20.5. The number of para-hydroxylation sites is 4. The maximum atomic E-state index is 12.9. The van der Waals surface area contributed by atoms with Gasteiger partial charge in [0.25, 0.3) is 0 Å². The van der Waals surface area contributed by atoms with Crippen molar-refractivity contribution in [3.05, 3.63) is 48.5 Å². The molecule has 2 N–H and O–H groups in total. The molecule has 0 atom stereocenters. The standard InChI is InChI=1S/C28H38N2O4/c1-3-5-19-33-25-13-9-7-11-23(25)29-27(31)21-15-17-22(18-16-21)28(32)30-24-12-8-10-14-26(24)34-20-6-4-2/h7-14,21-22H,3-6,15-20H2,1-2H3,(H,29,31)(H,30,32). The Bertz CT molecular complexity index is 847. The van der Waals surface area contributed by atoms with Crippen LogP contribution in [0.4, 0.5) is 11.4 Å². The molecule has 0 heterocycles. The number of carbonyl (C=O) groups excluding carboxylic acids is 2. The third-order valence-electron chi connectivity index (χ3n) is 6.27. The SMILES string of the molecule is CCCCOc1ccccc1NC(=O)C1CCC(C(=O)Nc2ccccc2OCCCC)CC1. The van der Waals surface area contributed by atoms with Crippen LogP contribution >= 0.6 is 0 Å². The molecule has 0 spiro atoms. The second-order valence-corrected chi connectivity index (χ2v) is 8.92. The number of unbranched alkanes of at least 4 members (excludes halogenated alkanes) is 2. The van der Waals surface area contributed by atoms with Gasteiger partial charge in [-0.05, 0) is 62.8 Å². The van der Waals surface area contributed by atoms with E-state index >= 15 is 0 Å². The molecule has 6 heteroatoms. The highest BCUT2D eigenvalue weighted by molar-refractivity contribution is 5.95. The van der Waals surface area contributed by atoms with Crippen molar-refractivity contribution < 1.29 is 19.1 Å². The molecule has 6 nitrogen and oxygen atoms in total. The molecule has 1 fully saturated rings. The molecule has 0 radical (unpaired) electrons. The molecule has 2 amide bonds. The van der Waals surface area contributed by atoms with Crippen LogP contribution in [-0.2, 0) is 9.59 Å². The highest BCUT2D eigenvalue weighted by atomic mass is 16.5. The normalized spacial score (nSPS) is 17.6. The number of benzene rings is 2. The van der Waals surface area contributed by atoms with Gasteiger partial charge in [-0.15, -0.1) is 0 Å². The van der Waals surface area contributed by atoms with Gasteiger partial charge >= 0.3 is 0 Å². The van der Waals surface area contributed by atoms with Gasteiger partial charge in [-0.25, -0.2) is 0 Å². The van der Waals surface area contributed by atoms with Gasteiger partial charge in [-0.3, -0.25) is 9.59 Å². The first kappa shape index (κ1) is 25.6. The van der Waals surface area contributed by atoms with Gasteiger partial charge in [-0.1, -0.05) is 51.0 Å². The van der Waals surface area contributed by atoms with Crippen molar-refractivity contribution in [1.29, 1.82) is 0 Å². The maximum absolute atomic E-state index is 12.9. The van der Waals surface area contributed by atoms with Crippen molar-refractivity contribution in [3.8, 4) is 11.5 Å². The Hall–Kier alpha value is -3.02. The third-order valence-corrected chi connectivity index (χ3v) is 6.27. The highest BCUT2D eigenvalue weighted by Gasteiger charge is 2.30. The van der Waals surface area contributed by atoms with Crippen LogP contribution in [0, 0.1) is 11.8 Å². The third kappa shape index (κ3) is 7.51. The van der Waals surface area contributed by atoms with Crippen molar-refractivity contribution in [2.45, 2.75) is 65.2 Å². The molecular weight excluding hydrogens is 428 g/mol. The van der Waals surface area contributed by atoms with E-state index in [1.54, 1.807) is 0 Å². The summed E-state index contributed by atoms with van der Waals surface area (Å²) in [5.41, 5.74) is 1.42. The molecule has 1 aliphatic rings. The molecule has 1 aliphatic carbocycles. The summed E-state index contributed by atoms with van der Waals surface area (Å²) in [4.78, 5) is 25.8. The number of anilines is 2. The summed E-state index contributed by atoms with van der Waals surface area (Å²) in [6.07, 6.45) is 6.84. The van der Waals surface area contributed by atoms with Crippen LogP contribution in [0.25, 0.3) is 0 Å². The van der Waals surface area contributed by atoms with E-state index in [-0.39, 0.29) is 23.7 Å². The van der Waals surface area contributed by atoms with Crippen molar-refractivity contribution >= 4 is 23.2 Å².